The van der Waals surface area contributed by atoms with Gasteiger partial charge in [-0.05, 0) is 58.8 Å². The zero-order chi connectivity index (χ0) is 21.0. The predicted molar refractivity (Wildman–Crippen MR) is 106 cm³/mol. The van der Waals surface area contributed by atoms with E-state index in [1.807, 2.05) is 16.8 Å². The first-order valence-corrected chi connectivity index (χ1v) is 9.71. The van der Waals surface area contributed by atoms with Crippen LogP contribution in [0.4, 0.5) is 18.9 Å². The Bertz CT molecular complexity index is 1010. The number of benzene rings is 2. The van der Waals surface area contributed by atoms with E-state index in [9.17, 15) is 23.1 Å². The van der Waals surface area contributed by atoms with Gasteiger partial charge in [-0.1, -0.05) is 11.6 Å². The number of halogens is 4. The fourth-order valence-electron chi connectivity index (χ4n) is 2.52. The Hall–Kier alpha value is -2.71. The van der Waals surface area contributed by atoms with Crippen molar-refractivity contribution in [3.63, 3.8) is 0 Å². The van der Waals surface area contributed by atoms with Crippen molar-refractivity contribution in [1.29, 1.82) is 0 Å². The summed E-state index contributed by atoms with van der Waals surface area (Å²) in [5.74, 6) is -1.08. The number of carbonyl (C=O) groups excluding carboxylic acids is 1. The standard InChI is InChI=1S/C20H15ClF3NO3S/c21-14-2-3-17(26)15(10-14)19(27)25-16-9-13(20(22,23)24)1-4-18(16)28-7-5-12-6-8-29-11-12/h1-4,6,8-11,26H,5,7H2,(H,25,27). The molecule has 0 saturated heterocycles. The largest absolute Gasteiger partial charge is 0.507 e. The molecule has 2 N–H and O–H groups in total. The Morgan fingerprint density at radius 1 is 1.17 bits per heavy atom. The third-order valence-electron chi connectivity index (χ3n) is 3.99. The fraction of sp³-hybridized carbons (Fsp3) is 0.150. The van der Waals surface area contributed by atoms with E-state index in [1.165, 1.54) is 29.5 Å². The zero-order valence-electron chi connectivity index (χ0n) is 14.8. The summed E-state index contributed by atoms with van der Waals surface area (Å²) >= 11 is 7.36. The monoisotopic (exact) mass is 441 g/mol. The van der Waals surface area contributed by atoms with Gasteiger partial charge in [-0.15, -0.1) is 0 Å². The minimum absolute atomic E-state index is 0.0862. The molecule has 1 heterocycles. The maximum Gasteiger partial charge on any atom is 0.416 e. The Morgan fingerprint density at radius 3 is 2.66 bits per heavy atom. The Kier molecular flexibility index (Phi) is 6.34. The van der Waals surface area contributed by atoms with Crippen molar-refractivity contribution >= 4 is 34.5 Å². The minimum atomic E-state index is -4.59. The lowest BCUT2D eigenvalue weighted by atomic mass is 10.1. The highest BCUT2D eigenvalue weighted by molar-refractivity contribution is 7.07. The number of phenols is 1. The number of hydrogen-bond acceptors (Lipinski definition) is 4. The first-order chi connectivity index (χ1) is 13.7. The van der Waals surface area contributed by atoms with Gasteiger partial charge in [0.15, 0.2) is 0 Å². The number of aromatic hydroxyl groups is 1. The molecular weight excluding hydrogens is 427 g/mol. The molecular formula is C20H15ClF3NO3S. The molecule has 3 aromatic rings. The third-order valence-corrected chi connectivity index (χ3v) is 4.95. The molecule has 1 amide bonds. The van der Waals surface area contributed by atoms with Crippen LogP contribution < -0.4 is 10.1 Å². The quantitative estimate of drug-likeness (QED) is 0.493. The van der Waals surface area contributed by atoms with Crippen molar-refractivity contribution in [2.75, 3.05) is 11.9 Å². The zero-order valence-corrected chi connectivity index (χ0v) is 16.4. The number of nitrogens with one attached hydrogen (secondary N) is 1. The van der Waals surface area contributed by atoms with Gasteiger partial charge in [0.2, 0.25) is 0 Å². The molecule has 0 aliphatic rings. The molecule has 1 aromatic heterocycles. The number of anilines is 1. The molecule has 0 aliphatic carbocycles. The summed E-state index contributed by atoms with van der Waals surface area (Å²) in [6.45, 7) is 0.216. The van der Waals surface area contributed by atoms with Gasteiger partial charge >= 0.3 is 6.18 Å². The van der Waals surface area contributed by atoms with Crippen molar-refractivity contribution in [2.24, 2.45) is 0 Å². The van der Waals surface area contributed by atoms with E-state index in [0.29, 0.717) is 6.42 Å². The number of rotatable bonds is 6. The summed E-state index contributed by atoms with van der Waals surface area (Å²) in [7, 11) is 0. The average molecular weight is 442 g/mol. The fourth-order valence-corrected chi connectivity index (χ4v) is 3.40. The van der Waals surface area contributed by atoms with E-state index in [0.717, 1.165) is 23.8 Å². The van der Waals surface area contributed by atoms with E-state index in [4.69, 9.17) is 16.3 Å². The maximum atomic E-state index is 13.1. The van der Waals surface area contributed by atoms with Crippen LogP contribution in [0.5, 0.6) is 11.5 Å². The third kappa shape index (κ3) is 5.42. The highest BCUT2D eigenvalue weighted by atomic mass is 35.5. The lowest BCUT2D eigenvalue weighted by Crippen LogP contribution is -2.15. The second-order valence-corrected chi connectivity index (χ2v) is 7.27. The molecule has 0 aliphatic heterocycles. The molecule has 0 bridgehead atoms. The smallest absolute Gasteiger partial charge is 0.416 e. The van der Waals surface area contributed by atoms with Crippen molar-refractivity contribution in [1.82, 2.24) is 0 Å². The number of hydrogen-bond donors (Lipinski definition) is 2. The van der Waals surface area contributed by atoms with Crippen LogP contribution in [-0.4, -0.2) is 17.6 Å². The number of alkyl halides is 3. The molecule has 0 saturated carbocycles. The molecule has 0 unspecified atom stereocenters. The lowest BCUT2D eigenvalue weighted by molar-refractivity contribution is -0.137. The van der Waals surface area contributed by atoms with E-state index in [-0.39, 0.29) is 34.4 Å². The molecule has 0 radical (unpaired) electrons. The Morgan fingerprint density at radius 2 is 1.97 bits per heavy atom. The maximum absolute atomic E-state index is 13.1. The van der Waals surface area contributed by atoms with Crippen LogP contribution in [0, 0.1) is 0 Å². The SMILES string of the molecule is O=C(Nc1cc(C(F)(F)F)ccc1OCCc1ccsc1)c1cc(Cl)ccc1O. The number of phenolic OH excluding ortho intramolecular Hbond substituents is 1. The molecule has 29 heavy (non-hydrogen) atoms. The number of ether oxygens (including phenoxy) is 1. The summed E-state index contributed by atoms with van der Waals surface area (Å²) in [5, 5.41) is 16.3. The highest BCUT2D eigenvalue weighted by Gasteiger charge is 2.31. The second-order valence-electron chi connectivity index (χ2n) is 6.05. The first kappa shape index (κ1) is 21.0. The minimum Gasteiger partial charge on any atom is -0.507 e. The summed E-state index contributed by atoms with van der Waals surface area (Å²) in [6.07, 6.45) is -4.03. The Balaban J connectivity index is 1.84. The van der Waals surface area contributed by atoms with Gasteiger partial charge in [0.25, 0.3) is 5.91 Å². The van der Waals surface area contributed by atoms with Crippen LogP contribution in [0.3, 0.4) is 0 Å². The Labute approximate surface area is 173 Å². The summed E-state index contributed by atoms with van der Waals surface area (Å²) in [4.78, 5) is 12.5. The van der Waals surface area contributed by atoms with Crippen LogP contribution in [0.1, 0.15) is 21.5 Å². The number of amides is 1. The molecule has 0 fully saturated rings. The molecule has 152 valence electrons. The van der Waals surface area contributed by atoms with Gasteiger partial charge in [-0.2, -0.15) is 24.5 Å². The van der Waals surface area contributed by atoms with Gasteiger partial charge in [0, 0.05) is 11.4 Å². The van der Waals surface area contributed by atoms with E-state index < -0.39 is 17.6 Å². The highest BCUT2D eigenvalue weighted by Crippen LogP contribution is 2.35. The number of thiophene rings is 1. The summed E-state index contributed by atoms with van der Waals surface area (Å²) in [5.41, 5.74) is -0.224. The van der Waals surface area contributed by atoms with Crippen LogP contribution in [0.2, 0.25) is 5.02 Å². The molecule has 2 aromatic carbocycles. The summed E-state index contributed by atoms with van der Waals surface area (Å²) in [6, 6.07) is 8.58. The van der Waals surface area contributed by atoms with E-state index in [1.54, 1.807) is 0 Å². The van der Waals surface area contributed by atoms with Gasteiger partial charge in [-0.25, -0.2) is 0 Å². The topological polar surface area (TPSA) is 58.6 Å². The second kappa shape index (κ2) is 8.75. The molecule has 3 rings (SSSR count). The van der Waals surface area contributed by atoms with Gasteiger partial charge in [-0.3, -0.25) is 4.79 Å². The lowest BCUT2D eigenvalue weighted by Gasteiger charge is -2.16. The van der Waals surface area contributed by atoms with Crippen molar-refractivity contribution in [3.05, 3.63) is 74.9 Å². The first-order valence-electron chi connectivity index (χ1n) is 8.39. The van der Waals surface area contributed by atoms with E-state index >= 15 is 0 Å². The van der Waals surface area contributed by atoms with Gasteiger partial charge in [0.05, 0.1) is 23.4 Å². The van der Waals surface area contributed by atoms with Crippen LogP contribution in [-0.2, 0) is 12.6 Å². The van der Waals surface area contributed by atoms with Gasteiger partial charge < -0.3 is 15.2 Å². The van der Waals surface area contributed by atoms with Gasteiger partial charge in [0.1, 0.15) is 11.5 Å². The number of carbonyl (C=O) groups is 1. The van der Waals surface area contributed by atoms with E-state index in [2.05, 4.69) is 5.32 Å². The van der Waals surface area contributed by atoms with Crippen molar-refractivity contribution in [3.8, 4) is 11.5 Å². The summed E-state index contributed by atoms with van der Waals surface area (Å²) < 4.78 is 44.9. The van der Waals surface area contributed by atoms with Crippen molar-refractivity contribution in [2.45, 2.75) is 12.6 Å². The molecule has 4 nitrogen and oxygen atoms in total. The average Bonchev–Trinajstić information content (AvgIpc) is 3.17. The molecule has 0 atom stereocenters. The van der Waals surface area contributed by atoms with Crippen LogP contribution in [0.25, 0.3) is 0 Å². The van der Waals surface area contributed by atoms with Crippen LogP contribution in [0.15, 0.2) is 53.2 Å². The normalized spacial score (nSPS) is 11.3. The molecule has 9 heteroatoms. The molecule has 0 spiro atoms. The predicted octanol–water partition coefficient (Wildman–Crippen LogP) is 6.00. The van der Waals surface area contributed by atoms with Crippen LogP contribution >= 0.6 is 22.9 Å². The van der Waals surface area contributed by atoms with Crippen molar-refractivity contribution < 1.29 is 27.8 Å².